The highest BCUT2D eigenvalue weighted by Gasteiger charge is 2.43. The highest BCUT2D eigenvalue weighted by molar-refractivity contribution is 5.79. The SMILES string of the molecule is C[C@@H]1CC2=C(Cc3ccccc32)[C@@H](c2c(F)cc(OCCCCCN3CCN(CC(=O)O)CC3)cc2F)N1CC(C)(C)F. The van der Waals surface area contributed by atoms with Crippen molar-refractivity contribution in [3.05, 3.63) is 70.3 Å². The third-order valence-electron chi connectivity index (χ3n) is 8.93. The molecular formula is C34H44F3N3O3. The number of hydrogen-bond acceptors (Lipinski definition) is 5. The van der Waals surface area contributed by atoms with Crippen molar-refractivity contribution in [1.29, 1.82) is 0 Å². The van der Waals surface area contributed by atoms with Gasteiger partial charge in [0.2, 0.25) is 0 Å². The summed E-state index contributed by atoms with van der Waals surface area (Å²) in [5.41, 5.74) is 2.80. The number of carboxylic acids is 1. The third kappa shape index (κ3) is 7.62. The first kappa shape index (κ1) is 31.5. The van der Waals surface area contributed by atoms with Crippen LogP contribution in [0.5, 0.6) is 5.75 Å². The maximum Gasteiger partial charge on any atom is 0.317 e. The fourth-order valence-electron chi connectivity index (χ4n) is 6.92. The van der Waals surface area contributed by atoms with Crippen LogP contribution < -0.4 is 4.74 Å². The van der Waals surface area contributed by atoms with Gasteiger partial charge in [-0.1, -0.05) is 24.3 Å². The molecule has 0 saturated carbocycles. The van der Waals surface area contributed by atoms with E-state index >= 15 is 13.2 Å². The molecule has 1 fully saturated rings. The number of benzene rings is 2. The number of halogens is 3. The molecule has 2 aromatic carbocycles. The molecule has 0 aromatic heterocycles. The van der Waals surface area contributed by atoms with Gasteiger partial charge in [-0.3, -0.25) is 14.6 Å². The van der Waals surface area contributed by atoms with Crippen LogP contribution in [0.3, 0.4) is 0 Å². The van der Waals surface area contributed by atoms with Crippen molar-refractivity contribution >= 4 is 11.5 Å². The molecule has 9 heteroatoms. The van der Waals surface area contributed by atoms with Crippen molar-refractivity contribution in [2.24, 2.45) is 0 Å². The van der Waals surface area contributed by atoms with E-state index in [9.17, 15) is 4.79 Å². The van der Waals surface area contributed by atoms with Crippen LogP contribution in [0.2, 0.25) is 0 Å². The lowest BCUT2D eigenvalue weighted by atomic mass is 9.84. The van der Waals surface area contributed by atoms with E-state index in [1.165, 1.54) is 26.0 Å². The van der Waals surface area contributed by atoms with E-state index in [0.29, 0.717) is 19.4 Å². The Morgan fingerprint density at radius 3 is 2.37 bits per heavy atom. The summed E-state index contributed by atoms with van der Waals surface area (Å²) in [6.45, 7) is 9.73. The molecule has 2 heterocycles. The minimum Gasteiger partial charge on any atom is -0.493 e. The number of rotatable bonds is 12. The van der Waals surface area contributed by atoms with Crippen LogP contribution in [-0.2, 0) is 11.2 Å². The first-order valence-electron chi connectivity index (χ1n) is 15.5. The zero-order valence-corrected chi connectivity index (χ0v) is 25.6. The van der Waals surface area contributed by atoms with Gasteiger partial charge in [-0.15, -0.1) is 0 Å². The Balaban J connectivity index is 1.21. The molecule has 0 radical (unpaired) electrons. The fraction of sp³-hybridized carbons (Fsp3) is 0.559. The van der Waals surface area contributed by atoms with Crippen molar-refractivity contribution < 1.29 is 27.8 Å². The number of unbranched alkanes of at least 4 members (excludes halogenated alkanes) is 2. The summed E-state index contributed by atoms with van der Waals surface area (Å²) in [7, 11) is 0. The highest BCUT2D eigenvalue weighted by atomic mass is 19.1. The second kappa shape index (κ2) is 13.4. The standard InChI is InChI=1S/C34H44F3N3O3/c1-23-17-27-26-10-6-5-9-24(26)18-28(27)33(40(23)22-34(2,3)37)32-29(35)19-25(20-30(32)36)43-16-8-4-7-11-38-12-14-39(15-13-38)21-31(41)42/h5-6,9-10,19-20,23,33H,4,7-8,11-18,21-22H2,1-3H3,(H,41,42)/t23-,33+/m1/s1. The van der Waals surface area contributed by atoms with Gasteiger partial charge in [-0.2, -0.15) is 0 Å². The Morgan fingerprint density at radius 1 is 1.02 bits per heavy atom. The van der Waals surface area contributed by atoms with Crippen LogP contribution >= 0.6 is 0 Å². The smallest absolute Gasteiger partial charge is 0.317 e. The van der Waals surface area contributed by atoms with Gasteiger partial charge in [0, 0.05) is 56.5 Å². The number of piperazine rings is 1. The predicted octanol–water partition coefficient (Wildman–Crippen LogP) is 6.11. The van der Waals surface area contributed by atoms with Gasteiger partial charge < -0.3 is 14.7 Å². The molecule has 2 aliphatic heterocycles. The molecule has 234 valence electrons. The molecular weight excluding hydrogens is 555 g/mol. The number of alkyl halides is 1. The van der Waals surface area contributed by atoms with Crippen LogP contribution in [-0.4, -0.2) is 89.9 Å². The first-order valence-corrected chi connectivity index (χ1v) is 15.5. The van der Waals surface area contributed by atoms with Crippen LogP contribution in [0.1, 0.15) is 69.2 Å². The normalized spacial score (nSPS) is 21.6. The molecule has 43 heavy (non-hydrogen) atoms. The van der Waals surface area contributed by atoms with E-state index < -0.39 is 29.3 Å². The zero-order valence-electron chi connectivity index (χ0n) is 25.6. The van der Waals surface area contributed by atoms with Crippen molar-refractivity contribution in [3.63, 3.8) is 0 Å². The van der Waals surface area contributed by atoms with E-state index in [4.69, 9.17) is 9.84 Å². The molecule has 2 aromatic rings. The van der Waals surface area contributed by atoms with E-state index in [0.717, 1.165) is 74.3 Å². The van der Waals surface area contributed by atoms with Gasteiger partial charge in [0.25, 0.3) is 0 Å². The Kier molecular flexibility index (Phi) is 9.83. The molecule has 2 atom stereocenters. The molecule has 0 bridgehead atoms. The number of fused-ring (bicyclic) bond motifs is 2. The monoisotopic (exact) mass is 599 g/mol. The maximum absolute atomic E-state index is 15.8. The second-order valence-corrected chi connectivity index (χ2v) is 12.9. The van der Waals surface area contributed by atoms with Gasteiger partial charge >= 0.3 is 5.97 Å². The summed E-state index contributed by atoms with van der Waals surface area (Å²) < 4.78 is 52.5. The summed E-state index contributed by atoms with van der Waals surface area (Å²) in [5, 5.41) is 8.94. The van der Waals surface area contributed by atoms with Gasteiger partial charge in [0.15, 0.2) is 0 Å². The summed E-state index contributed by atoms with van der Waals surface area (Å²) in [6, 6.07) is 9.87. The van der Waals surface area contributed by atoms with Gasteiger partial charge in [-0.25, -0.2) is 13.2 Å². The quantitative estimate of drug-likeness (QED) is 0.297. The summed E-state index contributed by atoms with van der Waals surface area (Å²) in [4.78, 5) is 17.1. The number of carboxylic acid groups (broad SMARTS) is 1. The Morgan fingerprint density at radius 2 is 1.70 bits per heavy atom. The second-order valence-electron chi connectivity index (χ2n) is 12.9. The largest absolute Gasteiger partial charge is 0.493 e. The molecule has 1 aliphatic carbocycles. The van der Waals surface area contributed by atoms with E-state index in [2.05, 4.69) is 17.0 Å². The lowest BCUT2D eigenvalue weighted by Gasteiger charge is -2.44. The summed E-state index contributed by atoms with van der Waals surface area (Å²) in [5.74, 6) is -1.96. The number of ether oxygens (including phenoxy) is 1. The fourth-order valence-corrected chi connectivity index (χ4v) is 6.92. The minimum absolute atomic E-state index is 0.0353. The number of aliphatic carboxylic acids is 1. The van der Waals surface area contributed by atoms with E-state index in [1.807, 2.05) is 28.9 Å². The van der Waals surface area contributed by atoms with Gasteiger partial charge in [0.05, 0.1) is 19.2 Å². The first-order chi connectivity index (χ1) is 20.5. The molecule has 0 amide bonds. The minimum atomic E-state index is -1.53. The molecule has 1 saturated heterocycles. The number of nitrogens with zero attached hydrogens (tertiary/aromatic N) is 3. The van der Waals surface area contributed by atoms with Crippen LogP contribution in [0.25, 0.3) is 5.57 Å². The van der Waals surface area contributed by atoms with Crippen LogP contribution in [0.15, 0.2) is 42.0 Å². The van der Waals surface area contributed by atoms with Crippen molar-refractivity contribution in [2.75, 3.05) is 52.4 Å². The number of carbonyl (C=O) groups is 1. The molecule has 1 N–H and O–H groups in total. The molecule has 0 unspecified atom stereocenters. The third-order valence-corrected chi connectivity index (χ3v) is 8.93. The zero-order chi connectivity index (χ0) is 30.7. The van der Waals surface area contributed by atoms with Gasteiger partial charge in [-0.05, 0) is 81.7 Å². The molecule has 0 spiro atoms. The maximum atomic E-state index is 15.8. The van der Waals surface area contributed by atoms with Crippen LogP contribution in [0.4, 0.5) is 13.2 Å². The Bertz CT molecular complexity index is 1310. The number of hydrogen-bond donors (Lipinski definition) is 1. The van der Waals surface area contributed by atoms with Crippen LogP contribution in [0, 0.1) is 11.6 Å². The van der Waals surface area contributed by atoms with Crippen molar-refractivity contribution in [1.82, 2.24) is 14.7 Å². The van der Waals surface area contributed by atoms with Crippen molar-refractivity contribution in [2.45, 2.75) is 70.6 Å². The van der Waals surface area contributed by atoms with Gasteiger partial charge in [0.1, 0.15) is 23.1 Å². The molecule has 3 aliphatic rings. The lowest BCUT2D eigenvalue weighted by molar-refractivity contribution is -0.138. The van der Waals surface area contributed by atoms with Crippen molar-refractivity contribution in [3.8, 4) is 5.75 Å². The summed E-state index contributed by atoms with van der Waals surface area (Å²) in [6.07, 6.45) is 3.97. The van der Waals surface area contributed by atoms with E-state index in [1.54, 1.807) is 0 Å². The lowest BCUT2D eigenvalue weighted by Crippen LogP contribution is -2.48. The Hall–Kier alpha value is -2.88. The average Bonchev–Trinajstić information content (AvgIpc) is 3.30. The van der Waals surface area contributed by atoms with E-state index in [-0.39, 0.29) is 30.4 Å². The topological polar surface area (TPSA) is 56.3 Å². The predicted molar refractivity (Wildman–Crippen MR) is 162 cm³/mol. The Labute approximate surface area is 253 Å². The average molecular weight is 600 g/mol. The molecule has 5 rings (SSSR count). The molecule has 6 nitrogen and oxygen atoms in total. The highest BCUT2D eigenvalue weighted by Crippen LogP contribution is 2.50. The summed E-state index contributed by atoms with van der Waals surface area (Å²) >= 11 is 0.